The molecule has 0 aliphatic carbocycles. The summed E-state index contributed by atoms with van der Waals surface area (Å²) in [6, 6.07) is 8.32. The Hall–Kier alpha value is -1.81. The topological polar surface area (TPSA) is 21.3 Å². The van der Waals surface area contributed by atoms with Crippen LogP contribution >= 0.6 is 11.6 Å². The molecular formula is C14H10ClF2NO. The zero-order chi connectivity index (χ0) is 13.4. The fourth-order valence-electron chi connectivity index (χ4n) is 2.10. The van der Waals surface area contributed by atoms with Gasteiger partial charge in [-0.25, -0.2) is 8.78 Å². The second-order valence-corrected chi connectivity index (χ2v) is 4.79. The van der Waals surface area contributed by atoms with E-state index >= 15 is 0 Å². The summed E-state index contributed by atoms with van der Waals surface area (Å²) in [5.74, 6) is -0.528. The van der Waals surface area contributed by atoms with E-state index in [1.165, 1.54) is 12.1 Å². The van der Waals surface area contributed by atoms with Gasteiger partial charge in [-0.15, -0.1) is 0 Å². The van der Waals surface area contributed by atoms with Crippen LogP contribution in [0.5, 0.6) is 5.75 Å². The van der Waals surface area contributed by atoms with Gasteiger partial charge in [0.25, 0.3) is 0 Å². The predicted octanol–water partition coefficient (Wildman–Crippen LogP) is 4.16. The molecule has 0 saturated carbocycles. The first-order valence-corrected chi connectivity index (χ1v) is 6.14. The molecule has 1 N–H and O–H groups in total. The Morgan fingerprint density at radius 3 is 2.58 bits per heavy atom. The zero-order valence-corrected chi connectivity index (χ0v) is 10.5. The number of halogens is 3. The molecule has 98 valence electrons. The SMILES string of the molecule is Fc1cc(F)cc([C@H]2COc3ccc(Cl)cc3N2)c1. The lowest BCUT2D eigenvalue weighted by Gasteiger charge is -2.28. The van der Waals surface area contributed by atoms with Crippen molar-refractivity contribution in [1.82, 2.24) is 0 Å². The van der Waals surface area contributed by atoms with Gasteiger partial charge in [-0.3, -0.25) is 0 Å². The summed E-state index contributed by atoms with van der Waals surface area (Å²) in [7, 11) is 0. The summed E-state index contributed by atoms with van der Waals surface area (Å²) in [5.41, 5.74) is 1.22. The van der Waals surface area contributed by atoms with Gasteiger partial charge < -0.3 is 10.1 Å². The van der Waals surface area contributed by atoms with E-state index in [4.69, 9.17) is 16.3 Å². The highest BCUT2D eigenvalue weighted by Gasteiger charge is 2.21. The maximum absolute atomic E-state index is 13.2. The molecule has 0 unspecified atom stereocenters. The highest BCUT2D eigenvalue weighted by Crippen LogP contribution is 2.35. The highest BCUT2D eigenvalue weighted by molar-refractivity contribution is 6.30. The van der Waals surface area contributed by atoms with Gasteiger partial charge in [0, 0.05) is 11.1 Å². The van der Waals surface area contributed by atoms with Gasteiger partial charge in [-0.1, -0.05) is 11.6 Å². The van der Waals surface area contributed by atoms with Crippen molar-refractivity contribution in [3.8, 4) is 5.75 Å². The van der Waals surface area contributed by atoms with Crippen molar-refractivity contribution in [2.45, 2.75) is 6.04 Å². The summed E-state index contributed by atoms with van der Waals surface area (Å²) in [4.78, 5) is 0. The van der Waals surface area contributed by atoms with Gasteiger partial charge in [-0.05, 0) is 35.9 Å². The Balaban J connectivity index is 1.92. The predicted molar refractivity (Wildman–Crippen MR) is 69.7 cm³/mol. The van der Waals surface area contributed by atoms with E-state index in [-0.39, 0.29) is 6.04 Å². The third-order valence-electron chi connectivity index (χ3n) is 2.96. The Morgan fingerprint density at radius 2 is 1.84 bits per heavy atom. The molecule has 1 heterocycles. The summed E-state index contributed by atoms with van der Waals surface area (Å²) in [5, 5.41) is 3.74. The minimum absolute atomic E-state index is 0.303. The van der Waals surface area contributed by atoms with E-state index < -0.39 is 11.6 Å². The first kappa shape index (κ1) is 12.2. The van der Waals surface area contributed by atoms with E-state index in [0.29, 0.717) is 28.6 Å². The highest BCUT2D eigenvalue weighted by atomic mass is 35.5. The van der Waals surface area contributed by atoms with Crippen LogP contribution in [-0.4, -0.2) is 6.61 Å². The van der Waals surface area contributed by atoms with Crippen LogP contribution in [0.4, 0.5) is 14.5 Å². The summed E-state index contributed by atoms with van der Waals surface area (Å²) < 4.78 is 32.0. The van der Waals surface area contributed by atoms with Crippen molar-refractivity contribution in [1.29, 1.82) is 0 Å². The van der Waals surface area contributed by atoms with E-state index in [1.54, 1.807) is 18.2 Å². The first-order chi connectivity index (χ1) is 9.11. The first-order valence-electron chi connectivity index (χ1n) is 5.77. The van der Waals surface area contributed by atoms with E-state index in [2.05, 4.69) is 5.32 Å². The third-order valence-corrected chi connectivity index (χ3v) is 3.20. The lowest BCUT2D eigenvalue weighted by Crippen LogP contribution is -2.24. The van der Waals surface area contributed by atoms with Crippen molar-refractivity contribution in [2.75, 3.05) is 11.9 Å². The smallest absolute Gasteiger partial charge is 0.142 e. The summed E-state index contributed by atoms with van der Waals surface area (Å²) >= 11 is 5.91. The molecule has 0 spiro atoms. The molecular weight excluding hydrogens is 272 g/mol. The molecule has 19 heavy (non-hydrogen) atoms. The van der Waals surface area contributed by atoms with Crippen LogP contribution in [-0.2, 0) is 0 Å². The molecule has 0 aromatic heterocycles. The van der Waals surface area contributed by atoms with Crippen molar-refractivity contribution < 1.29 is 13.5 Å². The van der Waals surface area contributed by atoms with Crippen LogP contribution in [0.2, 0.25) is 5.02 Å². The Labute approximate surface area is 114 Å². The molecule has 1 atom stereocenters. The standard InChI is InChI=1S/C14H10ClF2NO/c15-9-1-2-14-12(5-9)18-13(7-19-14)8-3-10(16)6-11(17)4-8/h1-6,13,18H,7H2/t13-/m1/s1. The van der Waals surface area contributed by atoms with E-state index in [1.807, 2.05) is 0 Å². The van der Waals surface area contributed by atoms with E-state index in [9.17, 15) is 8.78 Å². The van der Waals surface area contributed by atoms with Crippen LogP contribution in [0.3, 0.4) is 0 Å². The van der Waals surface area contributed by atoms with Crippen LogP contribution in [0.15, 0.2) is 36.4 Å². The molecule has 2 aromatic rings. The summed E-state index contributed by atoms with van der Waals surface area (Å²) in [6.45, 7) is 0.303. The van der Waals surface area contributed by atoms with Gasteiger partial charge in [0.1, 0.15) is 24.0 Å². The average molecular weight is 282 g/mol. The number of anilines is 1. The normalized spacial score (nSPS) is 17.3. The number of hydrogen-bond donors (Lipinski definition) is 1. The van der Waals surface area contributed by atoms with Crippen molar-refractivity contribution in [3.63, 3.8) is 0 Å². The van der Waals surface area contributed by atoms with Gasteiger partial charge in [0.05, 0.1) is 11.7 Å². The van der Waals surface area contributed by atoms with Gasteiger partial charge in [-0.2, -0.15) is 0 Å². The molecule has 2 aromatic carbocycles. The lowest BCUT2D eigenvalue weighted by molar-refractivity contribution is 0.286. The molecule has 1 aliphatic rings. The Morgan fingerprint density at radius 1 is 1.11 bits per heavy atom. The van der Waals surface area contributed by atoms with Gasteiger partial charge >= 0.3 is 0 Å². The third kappa shape index (κ3) is 2.49. The molecule has 2 nitrogen and oxygen atoms in total. The zero-order valence-electron chi connectivity index (χ0n) is 9.79. The van der Waals surface area contributed by atoms with Crippen LogP contribution in [0.25, 0.3) is 0 Å². The van der Waals surface area contributed by atoms with Gasteiger partial charge in [0.2, 0.25) is 0 Å². The molecule has 1 aliphatic heterocycles. The molecule has 5 heteroatoms. The van der Waals surface area contributed by atoms with Crippen molar-refractivity contribution in [3.05, 3.63) is 58.6 Å². The Kier molecular flexibility index (Phi) is 3.03. The molecule has 0 amide bonds. The molecule has 0 saturated heterocycles. The number of fused-ring (bicyclic) bond motifs is 1. The number of hydrogen-bond acceptors (Lipinski definition) is 2. The van der Waals surface area contributed by atoms with Gasteiger partial charge in [0.15, 0.2) is 0 Å². The summed E-state index contributed by atoms with van der Waals surface area (Å²) in [6.07, 6.45) is 0. The maximum Gasteiger partial charge on any atom is 0.142 e. The lowest BCUT2D eigenvalue weighted by atomic mass is 10.1. The molecule has 0 bridgehead atoms. The number of benzene rings is 2. The van der Waals surface area contributed by atoms with E-state index in [0.717, 1.165) is 6.07 Å². The van der Waals surface area contributed by atoms with Crippen molar-refractivity contribution in [2.24, 2.45) is 0 Å². The minimum Gasteiger partial charge on any atom is -0.489 e. The minimum atomic E-state index is -0.603. The fraction of sp³-hybridized carbons (Fsp3) is 0.143. The quantitative estimate of drug-likeness (QED) is 0.847. The van der Waals surface area contributed by atoms with Crippen LogP contribution in [0.1, 0.15) is 11.6 Å². The number of rotatable bonds is 1. The van der Waals surface area contributed by atoms with Crippen molar-refractivity contribution >= 4 is 17.3 Å². The van der Waals surface area contributed by atoms with Crippen LogP contribution in [0, 0.1) is 11.6 Å². The Bertz CT molecular complexity index is 613. The molecule has 0 fully saturated rings. The van der Waals surface area contributed by atoms with Crippen LogP contribution < -0.4 is 10.1 Å². The number of ether oxygens (including phenoxy) is 1. The maximum atomic E-state index is 13.2. The second-order valence-electron chi connectivity index (χ2n) is 4.35. The monoisotopic (exact) mass is 281 g/mol. The largest absolute Gasteiger partial charge is 0.489 e. The number of nitrogens with one attached hydrogen (secondary N) is 1. The molecule has 0 radical (unpaired) electrons. The second kappa shape index (κ2) is 4.70. The average Bonchev–Trinajstić information content (AvgIpc) is 2.36. The molecule has 3 rings (SSSR count). The fourth-order valence-corrected chi connectivity index (χ4v) is 2.27.